The maximum absolute atomic E-state index is 12.9. The summed E-state index contributed by atoms with van der Waals surface area (Å²) in [6.07, 6.45) is -1.98. The van der Waals surface area contributed by atoms with E-state index >= 15 is 0 Å². The van der Waals surface area contributed by atoms with Crippen LogP contribution in [0.15, 0.2) is 18.2 Å². The molecule has 1 atom stereocenters. The van der Waals surface area contributed by atoms with E-state index in [2.05, 4.69) is 20.1 Å². The summed E-state index contributed by atoms with van der Waals surface area (Å²) in [5.41, 5.74) is -0.231. The molecule has 1 aromatic rings. The lowest BCUT2D eigenvalue weighted by atomic mass is 9.99. The summed E-state index contributed by atoms with van der Waals surface area (Å²) in [4.78, 5) is 12.2. The lowest BCUT2D eigenvalue weighted by molar-refractivity contribution is -0.286. The number of fused-ring (bicyclic) bond motifs is 1. The maximum atomic E-state index is 12.9. The summed E-state index contributed by atoms with van der Waals surface area (Å²) in [5.74, 6) is -0.323. The third-order valence-electron chi connectivity index (χ3n) is 3.53. The number of carbonyl (C=O) groups excluding carboxylic acids is 1. The van der Waals surface area contributed by atoms with Gasteiger partial charge in [-0.15, -0.1) is 8.78 Å². The van der Waals surface area contributed by atoms with Crippen LogP contribution in [0, 0.1) is 0 Å². The van der Waals surface area contributed by atoms with Gasteiger partial charge in [0.25, 0.3) is 0 Å². The summed E-state index contributed by atoms with van der Waals surface area (Å²) >= 11 is 0. The second-order valence-corrected chi connectivity index (χ2v) is 5.15. The summed E-state index contributed by atoms with van der Waals surface area (Å²) in [6, 6.07) is 4.17. The Morgan fingerprint density at radius 2 is 2.10 bits per heavy atom. The molecule has 1 amide bonds. The molecule has 2 aliphatic heterocycles. The number of ether oxygens (including phenoxy) is 2. The third-order valence-corrected chi connectivity index (χ3v) is 3.53. The van der Waals surface area contributed by atoms with Crippen molar-refractivity contribution in [3.63, 3.8) is 0 Å². The van der Waals surface area contributed by atoms with Gasteiger partial charge < -0.3 is 20.1 Å². The van der Waals surface area contributed by atoms with Gasteiger partial charge in [-0.1, -0.05) is 0 Å². The zero-order valence-corrected chi connectivity index (χ0v) is 10.8. The minimum Gasteiger partial charge on any atom is -0.395 e. The first-order valence-corrected chi connectivity index (χ1v) is 6.34. The van der Waals surface area contributed by atoms with Crippen LogP contribution >= 0.6 is 0 Å². The van der Waals surface area contributed by atoms with E-state index < -0.39 is 11.8 Å². The zero-order valence-electron chi connectivity index (χ0n) is 10.8. The summed E-state index contributed by atoms with van der Waals surface area (Å²) in [7, 11) is 0. The fourth-order valence-corrected chi connectivity index (χ4v) is 2.38. The number of alkyl halides is 2. The minimum atomic E-state index is -3.65. The van der Waals surface area contributed by atoms with Gasteiger partial charge in [-0.3, -0.25) is 4.79 Å². The average Bonchev–Trinajstić information content (AvgIpc) is 2.91. The zero-order chi connectivity index (χ0) is 14.4. The first kappa shape index (κ1) is 13.1. The predicted molar refractivity (Wildman–Crippen MR) is 66.9 cm³/mol. The SMILES string of the molecule is CC1(C(=O)Nc2ccc3c(c2)OC(F)(F)O3)CCCN1. The van der Waals surface area contributed by atoms with Crippen molar-refractivity contribution in [1.82, 2.24) is 5.32 Å². The van der Waals surface area contributed by atoms with Gasteiger partial charge in [0.05, 0.1) is 5.54 Å². The Labute approximate surface area is 114 Å². The fourth-order valence-electron chi connectivity index (χ4n) is 2.38. The largest absolute Gasteiger partial charge is 0.586 e. The van der Waals surface area contributed by atoms with Crippen molar-refractivity contribution >= 4 is 11.6 Å². The van der Waals surface area contributed by atoms with Crippen LogP contribution in [0.25, 0.3) is 0 Å². The normalized spacial score (nSPS) is 26.6. The molecule has 7 heteroatoms. The Kier molecular flexibility index (Phi) is 2.82. The van der Waals surface area contributed by atoms with Crippen molar-refractivity contribution in [2.75, 3.05) is 11.9 Å². The molecule has 1 unspecified atom stereocenters. The molecule has 108 valence electrons. The van der Waals surface area contributed by atoms with Crippen molar-refractivity contribution < 1.29 is 23.0 Å². The molecule has 1 fully saturated rings. The Balaban J connectivity index is 1.75. The van der Waals surface area contributed by atoms with Crippen LogP contribution in [0.4, 0.5) is 14.5 Å². The van der Waals surface area contributed by atoms with Crippen molar-refractivity contribution in [2.24, 2.45) is 0 Å². The number of carbonyl (C=O) groups is 1. The van der Waals surface area contributed by atoms with Crippen LogP contribution in [-0.2, 0) is 4.79 Å². The van der Waals surface area contributed by atoms with E-state index in [9.17, 15) is 13.6 Å². The average molecular weight is 284 g/mol. The highest BCUT2D eigenvalue weighted by Gasteiger charge is 2.43. The molecular formula is C13H14F2N2O3. The number of halogens is 2. The molecule has 0 radical (unpaired) electrons. The molecule has 1 aromatic carbocycles. The third kappa shape index (κ3) is 2.29. The van der Waals surface area contributed by atoms with Crippen molar-refractivity contribution in [2.45, 2.75) is 31.6 Å². The first-order valence-electron chi connectivity index (χ1n) is 6.34. The molecule has 2 aliphatic rings. The van der Waals surface area contributed by atoms with E-state index in [1.54, 1.807) is 0 Å². The molecule has 0 spiro atoms. The number of hydrogen-bond acceptors (Lipinski definition) is 4. The predicted octanol–water partition coefficient (Wildman–Crippen LogP) is 2.09. The number of rotatable bonds is 2. The Morgan fingerprint density at radius 1 is 1.35 bits per heavy atom. The van der Waals surface area contributed by atoms with Crippen LogP contribution < -0.4 is 20.1 Å². The second kappa shape index (κ2) is 4.31. The van der Waals surface area contributed by atoms with Gasteiger partial charge >= 0.3 is 6.29 Å². The van der Waals surface area contributed by atoms with Gasteiger partial charge in [-0.2, -0.15) is 0 Å². The quantitative estimate of drug-likeness (QED) is 0.873. The van der Waals surface area contributed by atoms with Gasteiger partial charge in [-0.05, 0) is 38.4 Å². The lowest BCUT2D eigenvalue weighted by Gasteiger charge is -2.23. The standard InChI is InChI=1S/C13H14F2N2O3/c1-12(5-2-6-16-12)11(18)17-8-3-4-9-10(7-8)20-13(14,15)19-9/h3-4,7,16H,2,5-6H2,1H3,(H,17,18). The van der Waals surface area contributed by atoms with Crippen molar-refractivity contribution in [3.8, 4) is 11.5 Å². The van der Waals surface area contributed by atoms with Crippen molar-refractivity contribution in [3.05, 3.63) is 18.2 Å². The van der Waals surface area contributed by atoms with E-state index in [1.807, 2.05) is 6.92 Å². The van der Waals surface area contributed by atoms with Crippen LogP contribution in [0.3, 0.4) is 0 Å². The number of hydrogen-bond donors (Lipinski definition) is 2. The number of nitrogens with one attached hydrogen (secondary N) is 2. The minimum absolute atomic E-state index is 0.0433. The smallest absolute Gasteiger partial charge is 0.395 e. The topological polar surface area (TPSA) is 59.6 Å². The molecule has 1 saturated heterocycles. The maximum Gasteiger partial charge on any atom is 0.586 e. The highest BCUT2D eigenvalue weighted by atomic mass is 19.3. The lowest BCUT2D eigenvalue weighted by Crippen LogP contribution is -2.47. The summed E-state index contributed by atoms with van der Waals surface area (Å²) in [6.45, 7) is 2.60. The molecule has 20 heavy (non-hydrogen) atoms. The van der Waals surface area contributed by atoms with Crippen LogP contribution in [0.5, 0.6) is 11.5 Å². The van der Waals surface area contributed by atoms with E-state index in [4.69, 9.17) is 0 Å². The van der Waals surface area contributed by atoms with Crippen LogP contribution in [-0.4, -0.2) is 24.3 Å². The van der Waals surface area contributed by atoms with E-state index in [-0.39, 0.29) is 17.4 Å². The Bertz CT molecular complexity index is 557. The first-order chi connectivity index (χ1) is 9.38. The molecule has 0 aromatic heterocycles. The van der Waals surface area contributed by atoms with Gasteiger partial charge in [0.1, 0.15) is 0 Å². The molecule has 0 bridgehead atoms. The highest BCUT2D eigenvalue weighted by molar-refractivity contribution is 5.98. The summed E-state index contributed by atoms with van der Waals surface area (Å²) < 4.78 is 34.4. The van der Waals surface area contributed by atoms with Crippen molar-refractivity contribution in [1.29, 1.82) is 0 Å². The van der Waals surface area contributed by atoms with Crippen LogP contribution in [0.2, 0.25) is 0 Å². The molecule has 3 rings (SSSR count). The summed E-state index contributed by atoms with van der Waals surface area (Å²) in [5, 5.41) is 5.83. The number of benzene rings is 1. The van der Waals surface area contributed by atoms with Gasteiger partial charge in [0.15, 0.2) is 11.5 Å². The Morgan fingerprint density at radius 3 is 2.80 bits per heavy atom. The van der Waals surface area contributed by atoms with Gasteiger partial charge in [0, 0.05) is 11.8 Å². The fraction of sp³-hybridized carbons (Fsp3) is 0.462. The van der Waals surface area contributed by atoms with Gasteiger partial charge in [0.2, 0.25) is 5.91 Å². The molecule has 0 aliphatic carbocycles. The monoisotopic (exact) mass is 284 g/mol. The molecule has 2 N–H and O–H groups in total. The molecule has 5 nitrogen and oxygen atoms in total. The number of anilines is 1. The number of amides is 1. The van der Waals surface area contributed by atoms with E-state index in [0.717, 1.165) is 19.4 Å². The Hall–Kier alpha value is -1.89. The molecule has 0 saturated carbocycles. The highest BCUT2D eigenvalue weighted by Crippen LogP contribution is 2.42. The molecule has 2 heterocycles. The van der Waals surface area contributed by atoms with Crippen LogP contribution in [0.1, 0.15) is 19.8 Å². The van der Waals surface area contributed by atoms with E-state index in [1.165, 1.54) is 18.2 Å². The van der Waals surface area contributed by atoms with Gasteiger partial charge in [-0.25, -0.2) is 0 Å². The van der Waals surface area contributed by atoms with E-state index in [0.29, 0.717) is 5.69 Å². The molecular weight excluding hydrogens is 270 g/mol. The second-order valence-electron chi connectivity index (χ2n) is 5.15.